The summed E-state index contributed by atoms with van der Waals surface area (Å²) in [6.07, 6.45) is 0. The molecule has 0 aliphatic rings. The van der Waals surface area contributed by atoms with Gasteiger partial charge < -0.3 is 5.11 Å². The van der Waals surface area contributed by atoms with Crippen LogP contribution in [0.5, 0.6) is 5.75 Å². The van der Waals surface area contributed by atoms with Crippen molar-refractivity contribution in [3.63, 3.8) is 0 Å². The van der Waals surface area contributed by atoms with Crippen LogP contribution in [0.25, 0.3) is 5.65 Å². The van der Waals surface area contributed by atoms with Gasteiger partial charge in [0.15, 0.2) is 5.82 Å². The average Bonchev–Trinajstić information content (AvgIpc) is 2.94. The van der Waals surface area contributed by atoms with Gasteiger partial charge in [-0.15, -0.1) is 10.2 Å². The van der Waals surface area contributed by atoms with Crippen LogP contribution < -0.4 is 0 Å². The largest absolute Gasteiger partial charge is 0.506 e. The maximum absolute atomic E-state index is 10.9. The molecule has 1 aromatic carbocycles. The number of aromatic nitrogens is 2. The van der Waals surface area contributed by atoms with Gasteiger partial charge in [-0.05, 0) is 31.0 Å². The van der Waals surface area contributed by atoms with Gasteiger partial charge in [0.1, 0.15) is 17.1 Å². The minimum Gasteiger partial charge on any atom is -0.506 e. The second-order valence-electron chi connectivity index (χ2n) is 5.97. The molecule has 0 aliphatic carbocycles. The Morgan fingerprint density at radius 1 is 1.24 bits per heavy atom. The third-order valence-corrected chi connectivity index (χ3v) is 3.81. The topological polar surface area (TPSA) is 105 Å². The van der Waals surface area contributed by atoms with Crippen LogP contribution in [0.3, 0.4) is 0 Å². The Morgan fingerprint density at radius 3 is 2.68 bits per heavy atom. The van der Waals surface area contributed by atoms with Crippen molar-refractivity contribution in [2.24, 2.45) is 10.2 Å². The molecule has 0 saturated heterocycles. The molecule has 0 atom stereocenters. The predicted molar refractivity (Wildman–Crippen MR) is 93.0 cm³/mol. The van der Waals surface area contributed by atoms with E-state index in [1.807, 2.05) is 43.4 Å². The number of hydrogen-bond acceptors (Lipinski definition) is 6. The first-order chi connectivity index (χ1) is 11.9. The van der Waals surface area contributed by atoms with E-state index in [-0.39, 0.29) is 23.0 Å². The van der Waals surface area contributed by atoms with Crippen molar-refractivity contribution in [1.82, 2.24) is 9.38 Å². The zero-order valence-corrected chi connectivity index (χ0v) is 14.0. The van der Waals surface area contributed by atoms with Crippen molar-refractivity contribution in [3.8, 4) is 5.75 Å². The van der Waals surface area contributed by atoms with E-state index in [1.54, 1.807) is 0 Å². The molecule has 3 aromatic rings. The van der Waals surface area contributed by atoms with Gasteiger partial charge in [-0.1, -0.05) is 19.9 Å². The molecule has 8 heteroatoms. The lowest BCUT2D eigenvalue weighted by molar-refractivity contribution is -0.384. The first-order valence-electron chi connectivity index (χ1n) is 7.75. The highest BCUT2D eigenvalue weighted by molar-refractivity contribution is 5.58. The number of phenols is 1. The molecule has 0 spiro atoms. The Hall–Kier alpha value is -3.29. The number of imidazole rings is 1. The molecule has 0 bridgehead atoms. The number of non-ortho nitro benzene ring substituents is 1. The fourth-order valence-electron chi connectivity index (χ4n) is 2.54. The Morgan fingerprint density at radius 2 is 2.00 bits per heavy atom. The number of benzene rings is 1. The number of nitro benzene ring substituents is 1. The van der Waals surface area contributed by atoms with Crippen molar-refractivity contribution >= 4 is 22.8 Å². The highest BCUT2D eigenvalue weighted by atomic mass is 16.6. The molecule has 128 valence electrons. The summed E-state index contributed by atoms with van der Waals surface area (Å²) in [5.41, 5.74) is 2.33. The van der Waals surface area contributed by atoms with Gasteiger partial charge in [0.2, 0.25) is 0 Å². The number of aryl methyl sites for hydroxylation is 1. The lowest BCUT2D eigenvalue weighted by Gasteiger charge is -2.04. The summed E-state index contributed by atoms with van der Waals surface area (Å²) in [5, 5.41) is 29.1. The Kier molecular flexibility index (Phi) is 4.18. The molecular weight excluding hydrogens is 322 g/mol. The fraction of sp³-hybridized carbons (Fsp3) is 0.235. The predicted octanol–water partition coefficient (Wildman–Crippen LogP) is 4.80. The van der Waals surface area contributed by atoms with E-state index >= 15 is 0 Å². The number of rotatable bonds is 4. The van der Waals surface area contributed by atoms with E-state index in [0.29, 0.717) is 5.82 Å². The van der Waals surface area contributed by atoms with Crippen LogP contribution in [-0.2, 0) is 0 Å². The third-order valence-electron chi connectivity index (χ3n) is 3.81. The molecule has 3 rings (SSSR count). The van der Waals surface area contributed by atoms with E-state index in [9.17, 15) is 15.2 Å². The molecule has 2 heterocycles. The van der Waals surface area contributed by atoms with Gasteiger partial charge in [0, 0.05) is 17.8 Å². The quantitative estimate of drug-likeness (QED) is 0.419. The summed E-state index contributed by atoms with van der Waals surface area (Å²) in [4.78, 5) is 14.9. The number of phenolic OH excluding ortho intramolecular Hbond substituents is 1. The molecule has 0 aliphatic heterocycles. The zero-order valence-electron chi connectivity index (χ0n) is 14.0. The molecule has 0 radical (unpaired) electrons. The first kappa shape index (κ1) is 16.6. The standard InChI is InChI=1S/C17H17N5O3/c1-10(2)16-17(21-11(3)5-4-6-15(21)18-16)20-19-13-9-12(22(24)25)7-8-14(13)23/h4-10,23H,1-3H3. The highest BCUT2D eigenvalue weighted by Crippen LogP contribution is 2.34. The van der Waals surface area contributed by atoms with E-state index < -0.39 is 4.92 Å². The molecule has 1 N–H and O–H groups in total. The minimum atomic E-state index is -0.545. The van der Waals surface area contributed by atoms with Crippen molar-refractivity contribution in [3.05, 3.63) is 57.9 Å². The van der Waals surface area contributed by atoms with E-state index in [0.717, 1.165) is 17.0 Å². The van der Waals surface area contributed by atoms with Crippen LogP contribution in [-0.4, -0.2) is 19.4 Å². The monoisotopic (exact) mass is 339 g/mol. The van der Waals surface area contributed by atoms with Gasteiger partial charge >= 0.3 is 0 Å². The molecule has 0 fully saturated rings. The number of azo groups is 1. The normalized spacial score (nSPS) is 11.7. The molecule has 2 aromatic heterocycles. The van der Waals surface area contributed by atoms with Crippen LogP contribution in [0, 0.1) is 17.0 Å². The molecule has 0 saturated carbocycles. The van der Waals surface area contributed by atoms with Crippen LogP contribution in [0.1, 0.15) is 31.2 Å². The average molecular weight is 339 g/mol. The van der Waals surface area contributed by atoms with Crippen LogP contribution >= 0.6 is 0 Å². The maximum atomic E-state index is 10.9. The fourth-order valence-corrected chi connectivity index (χ4v) is 2.54. The molecule has 0 amide bonds. The van der Waals surface area contributed by atoms with Gasteiger partial charge in [0.25, 0.3) is 5.69 Å². The second kappa shape index (κ2) is 6.31. The van der Waals surface area contributed by atoms with Crippen molar-refractivity contribution in [2.75, 3.05) is 0 Å². The van der Waals surface area contributed by atoms with Crippen molar-refractivity contribution < 1.29 is 10.0 Å². The Balaban J connectivity index is 2.15. The molecule has 0 unspecified atom stereocenters. The number of pyridine rings is 1. The van der Waals surface area contributed by atoms with Gasteiger partial charge in [-0.2, -0.15) is 0 Å². The summed E-state index contributed by atoms with van der Waals surface area (Å²) in [6.45, 7) is 5.94. The third kappa shape index (κ3) is 3.06. The number of nitrogens with zero attached hydrogens (tertiary/aromatic N) is 5. The maximum Gasteiger partial charge on any atom is 0.271 e. The molecular formula is C17H17N5O3. The van der Waals surface area contributed by atoms with Crippen molar-refractivity contribution in [1.29, 1.82) is 0 Å². The summed E-state index contributed by atoms with van der Waals surface area (Å²) in [6, 6.07) is 9.35. The van der Waals surface area contributed by atoms with E-state index in [1.165, 1.54) is 18.2 Å². The summed E-state index contributed by atoms with van der Waals surface area (Å²) < 4.78 is 1.87. The zero-order chi connectivity index (χ0) is 18.1. The highest BCUT2D eigenvalue weighted by Gasteiger charge is 2.17. The number of nitro groups is 1. The van der Waals surface area contributed by atoms with Crippen molar-refractivity contribution in [2.45, 2.75) is 26.7 Å². The van der Waals surface area contributed by atoms with Gasteiger partial charge in [-0.25, -0.2) is 4.98 Å². The van der Waals surface area contributed by atoms with Crippen LogP contribution in [0.2, 0.25) is 0 Å². The lowest BCUT2D eigenvalue weighted by Crippen LogP contribution is -1.90. The minimum absolute atomic E-state index is 0.0347. The summed E-state index contributed by atoms with van der Waals surface area (Å²) >= 11 is 0. The lowest BCUT2D eigenvalue weighted by atomic mass is 10.1. The number of aromatic hydroxyl groups is 1. The number of hydrogen-bond donors (Lipinski definition) is 1. The molecule has 25 heavy (non-hydrogen) atoms. The number of fused-ring (bicyclic) bond motifs is 1. The van der Waals surface area contributed by atoms with Crippen LogP contribution in [0.15, 0.2) is 46.6 Å². The van der Waals surface area contributed by atoms with Gasteiger partial charge in [-0.3, -0.25) is 14.5 Å². The second-order valence-corrected chi connectivity index (χ2v) is 5.97. The van der Waals surface area contributed by atoms with E-state index in [4.69, 9.17) is 0 Å². The first-order valence-corrected chi connectivity index (χ1v) is 7.75. The smallest absolute Gasteiger partial charge is 0.271 e. The summed E-state index contributed by atoms with van der Waals surface area (Å²) in [5.74, 6) is 0.493. The summed E-state index contributed by atoms with van der Waals surface area (Å²) in [7, 11) is 0. The Labute approximate surface area is 143 Å². The molecule has 8 nitrogen and oxygen atoms in total. The van der Waals surface area contributed by atoms with Gasteiger partial charge in [0.05, 0.1) is 10.6 Å². The van der Waals surface area contributed by atoms with Crippen LogP contribution in [0.4, 0.5) is 17.2 Å². The Bertz CT molecular complexity index is 991. The SMILES string of the molecule is Cc1cccc2nc(C(C)C)c(N=Nc3cc([N+](=O)[O-])ccc3O)n12. The van der Waals surface area contributed by atoms with E-state index in [2.05, 4.69) is 15.2 Å².